The monoisotopic (exact) mass is 249 g/mol. The van der Waals surface area contributed by atoms with Crippen LogP contribution < -0.4 is 5.32 Å². The molecule has 2 heterocycles. The summed E-state index contributed by atoms with van der Waals surface area (Å²) in [5.74, 6) is 0. The predicted octanol–water partition coefficient (Wildman–Crippen LogP) is 2.61. The molecule has 0 spiro atoms. The van der Waals surface area contributed by atoms with Gasteiger partial charge in [0.2, 0.25) is 0 Å². The molecule has 0 aliphatic heterocycles. The molecule has 0 saturated carbocycles. The number of nitrogens with one attached hydrogen (secondary N) is 1. The van der Waals surface area contributed by atoms with Gasteiger partial charge in [-0.25, -0.2) is 0 Å². The second-order valence-electron chi connectivity index (χ2n) is 4.05. The molecule has 0 atom stereocenters. The second kappa shape index (κ2) is 5.34. The fourth-order valence-corrected chi connectivity index (χ4v) is 2.04. The zero-order valence-electron chi connectivity index (χ0n) is 10.1. The Labute approximate surface area is 106 Å². The smallest absolute Gasteiger partial charge is 0.0639 e. The lowest BCUT2D eigenvalue weighted by atomic mass is 10.2. The quantitative estimate of drug-likeness (QED) is 0.903. The molecule has 0 fully saturated rings. The molecular weight excluding hydrogens is 234 g/mol. The van der Waals surface area contributed by atoms with Crippen LogP contribution in [0.5, 0.6) is 0 Å². The molecule has 0 saturated heterocycles. The number of nitrogens with zero attached hydrogens (tertiary/aromatic N) is 2. The van der Waals surface area contributed by atoms with Crippen LogP contribution in [0.1, 0.15) is 16.8 Å². The van der Waals surface area contributed by atoms with Crippen LogP contribution in [0.25, 0.3) is 0 Å². The first-order chi connectivity index (χ1) is 8.22. The van der Waals surface area contributed by atoms with E-state index in [0.717, 1.165) is 23.7 Å². The lowest BCUT2D eigenvalue weighted by molar-refractivity contribution is 0.752. The van der Waals surface area contributed by atoms with Crippen LogP contribution >= 0.6 is 11.6 Å². The summed E-state index contributed by atoms with van der Waals surface area (Å²) in [6.07, 6.45) is 5.55. The van der Waals surface area contributed by atoms with Crippen LogP contribution in [0, 0.1) is 6.92 Å². The minimum atomic E-state index is 0.718. The van der Waals surface area contributed by atoms with Gasteiger partial charge in [0, 0.05) is 37.4 Å². The van der Waals surface area contributed by atoms with E-state index in [1.165, 1.54) is 11.3 Å². The maximum atomic E-state index is 6.11. The summed E-state index contributed by atoms with van der Waals surface area (Å²) in [6, 6.07) is 4.10. The zero-order valence-corrected chi connectivity index (χ0v) is 10.8. The highest BCUT2D eigenvalue weighted by Gasteiger charge is 2.06. The number of hydrogen-bond donors (Lipinski definition) is 1. The Hall–Kier alpha value is -1.32. The molecule has 0 unspecified atom stereocenters. The van der Waals surface area contributed by atoms with Crippen LogP contribution in [0.2, 0.25) is 5.02 Å². The Balaban J connectivity index is 2.22. The van der Waals surface area contributed by atoms with Gasteiger partial charge in [0.15, 0.2) is 0 Å². The average molecular weight is 250 g/mol. The van der Waals surface area contributed by atoms with Gasteiger partial charge in [0.25, 0.3) is 0 Å². The summed E-state index contributed by atoms with van der Waals surface area (Å²) in [5.41, 5.74) is 3.68. The normalized spacial score (nSPS) is 10.8. The first-order valence-corrected chi connectivity index (χ1v) is 5.97. The Morgan fingerprint density at radius 3 is 2.88 bits per heavy atom. The van der Waals surface area contributed by atoms with Crippen molar-refractivity contribution in [2.45, 2.75) is 20.0 Å². The van der Waals surface area contributed by atoms with Crippen molar-refractivity contribution in [3.63, 3.8) is 0 Å². The van der Waals surface area contributed by atoms with E-state index in [9.17, 15) is 0 Å². The molecule has 3 nitrogen and oxygen atoms in total. The Bertz CT molecular complexity index is 505. The second-order valence-corrected chi connectivity index (χ2v) is 4.46. The molecule has 0 aliphatic rings. The predicted molar refractivity (Wildman–Crippen MR) is 70.3 cm³/mol. The van der Waals surface area contributed by atoms with Crippen LogP contribution in [0.3, 0.4) is 0 Å². The lowest BCUT2D eigenvalue weighted by Gasteiger charge is -2.09. The largest absolute Gasteiger partial charge is 0.347 e. The highest BCUT2D eigenvalue weighted by Crippen LogP contribution is 2.17. The van der Waals surface area contributed by atoms with Gasteiger partial charge in [-0.15, -0.1) is 0 Å². The Morgan fingerprint density at radius 2 is 2.18 bits per heavy atom. The van der Waals surface area contributed by atoms with Crippen molar-refractivity contribution in [2.24, 2.45) is 0 Å². The SMILES string of the molecule is CNCc1ccn(Cc2ccncc2Cl)c1C. The topological polar surface area (TPSA) is 29.9 Å². The molecule has 1 N–H and O–H groups in total. The number of aromatic nitrogens is 2. The van der Waals surface area contributed by atoms with Crippen molar-refractivity contribution in [1.29, 1.82) is 0 Å². The maximum absolute atomic E-state index is 6.11. The van der Waals surface area contributed by atoms with Gasteiger partial charge in [-0.1, -0.05) is 11.6 Å². The third kappa shape index (κ3) is 2.68. The Kier molecular flexibility index (Phi) is 3.82. The minimum absolute atomic E-state index is 0.718. The number of rotatable bonds is 4. The Morgan fingerprint density at radius 1 is 1.35 bits per heavy atom. The van der Waals surface area contributed by atoms with Gasteiger partial charge in [0.1, 0.15) is 0 Å². The van der Waals surface area contributed by atoms with E-state index in [4.69, 9.17) is 11.6 Å². The maximum Gasteiger partial charge on any atom is 0.0639 e. The van der Waals surface area contributed by atoms with Gasteiger partial charge in [-0.05, 0) is 37.2 Å². The molecule has 0 amide bonds. The first kappa shape index (κ1) is 12.1. The molecule has 0 aliphatic carbocycles. The summed E-state index contributed by atoms with van der Waals surface area (Å²) < 4.78 is 2.20. The van der Waals surface area contributed by atoms with Crippen molar-refractivity contribution in [2.75, 3.05) is 7.05 Å². The minimum Gasteiger partial charge on any atom is -0.347 e. The van der Waals surface area contributed by atoms with Crippen molar-refractivity contribution in [3.05, 3.63) is 52.6 Å². The summed E-state index contributed by atoms with van der Waals surface area (Å²) >= 11 is 6.11. The van der Waals surface area contributed by atoms with Crippen LogP contribution in [0.15, 0.2) is 30.7 Å². The molecule has 4 heteroatoms. The fourth-order valence-electron chi connectivity index (χ4n) is 1.86. The summed E-state index contributed by atoms with van der Waals surface area (Å²) in [4.78, 5) is 3.99. The highest BCUT2D eigenvalue weighted by atomic mass is 35.5. The first-order valence-electron chi connectivity index (χ1n) is 5.60. The van der Waals surface area contributed by atoms with Crippen molar-refractivity contribution in [1.82, 2.24) is 14.9 Å². The van der Waals surface area contributed by atoms with Gasteiger partial charge >= 0.3 is 0 Å². The van der Waals surface area contributed by atoms with Gasteiger partial charge in [-0.3, -0.25) is 4.98 Å². The van der Waals surface area contributed by atoms with Crippen molar-refractivity contribution in [3.8, 4) is 0 Å². The van der Waals surface area contributed by atoms with Crippen LogP contribution in [-0.4, -0.2) is 16.6 Å². The number of hydrogen-bond acceptors (Lipinski definition) is 2. The van der Waals surface area contributed by atoms with E-state index in [0.29, 0.717) is 0 Å². The van der Waals surface area contributed by atoms with Crippen LogP contribution in [0.4, 0.5) is 0 Å². The summed E-state index contributed by atoms with van der Waals surface area (Å²) in [6.45, 7) is 3.81. The molecule has 0 bridgehead atoms. The van der Waals surface area contributed by atoms with Crippen molar-refractivity contribution < 1.29 is 0 Å². The van der Waals surface area contributed by atoms with E-state index in [1.807, 2.05) is 13.1 Å². The number of pyridine rings is 1. The highest BCUT2D eigenvalue weighted by molar-refractivity contribution is 6.31. The fraction of sp³-hybridized carbons (Fsp3) is 0.308. The molecule has 17 heavy (non-hydrogen) atoms. The van der Waals surface area contributed by atoms with Crippen LogP contribution in [-0.2, 0) is 13.1 Å². The molecule has 2 rings (SSSR count). The van der Waals surface area contributed by atoms with Crippen molar-refractivity contribution >= 4 is 11.6 Å². The third-order valence-corrected chi connectivity index (χ3v) is 3.26. The lowest BCUT2D eigenvalue weighted by Crippen LogP contribution is -2.07. The summed E-state index contributed by atoms with van der Waals surface area (Å²) in [5, 5.41) is 3.88. The van der Waals surface area contributed by atoms with E-state index in [2.05, 4.69) is 34.1 Å². The zero-order chi connectivity index (χ0) is 12.3. The summed E-state index contributed by atoms with van der Waals surface area (Å²) in [7, 11) is 1.95. The molecule has 0 aromatic carbocycles. The van der Waals surface area contributed by atoms with E-state index in [1.54, 1.807) is 12.4 Å². The van der Waals surface area contributed by atoms with Gasteiger partial charge in [-0.2, -0.15) is 0 Å². The number of halogens is 1. The third-order valence-electron chi connectivity index (χ3n) is 2.92. The van der Waals surface area contributed by atoms with E-state index < -0.39 is 0 Å². The average Bonchev–Trinajstić information content (AvgIpc) is 2.65. The molecule has 2 aromatic heterocycles. The van der Waals surface area contributed by atoms with Gasteiger partial charge < -0.3 is 9.88 Å². The van der Waals surface area contributed by atoms with E-state index in [-0.39, 0.29) is 0 Å². The molecule has 2 aromatic rings. The van der Waals surface area contributed by atoms with E-state index >= 15 is 0 Å². The van der Waals surface area contributed by atoms with Gasteiger partial charge in [0.05, 0.1) is 5.02 Å². The molecule has 90 valence electrons. The molecule has 0 radical (unpaired) electrons. The molecular formula is C13H16ClN3. The standard InChI is InChI=1S/C13H16ClN3/c1-10-11(7-15-2)4-6-17(10)9-12-3-5-16-8-13(12)14/h3-6,8,15H,7,9H2,1-2H3.